The lowest BCUT2D eigenvalue weighted by Gasteiger charge is -2.32. The lowest BCUT2D eigenvalue weighted by atomic mass is 10.1. The maximum absolute atomic E-state index is 15.1. The molecule has 0 atom stereocenters. The van der Waals surface area contributed by atoms with Crippen molar-refractivity contribution < 1.29 is 13.5 Å². The van der Waals surface area contributed by atoms with Crippen LogP contribution in [0.25, 0.3) is 6.08 Å². The first-order valence-corrected chi connectivity index (χ1v) is 11.6. The molecule has 2 aromatic rings. The second kappa shape index (κ2) is 9.53. The third kappa shape index (κ3) is 4.93. The summed E-state index contributed by atoms with van der Waals surface area (Å²) in [6.07, 6.45) is 7.85. The maximum atomic E-state index is 15.1. The molecule has 4 heterocycles. The van der Waals surface area contributed by atoms with Crippen molar-refractivity contribution in [2.75, 3.05) is 50.0 Å². The molecule has 0 spiro atoms. The molecule has 182 valence electrons. The summed E-state index contributed by atoms with van der Waals surface area (Å²) in [5.74, 6) is -0.289. The van der Waals surface area contributed by atoms with Gasteiger partial charge in [-0.2, -0.15) is 19.3 Å². The second-order valence-corrected chi connectivity index (χ2v) is 8.91. The zero-order valence-corrected chi connectivity index (χ0v) is 20.0. The SMILES string of the molecule is C/C=C/C1=CC(Nc2cc(Oc3nc(F)c4c(c3F)C=C(C)C4)nc(N3CCN(C)CC3)n2)=NC1. The number of anilines is 2. The number of hydrogen-bond donors (Lipinski definition) is 1. The van der Waals surface area contributed by atoms with E-state index in [1.165, 1.54) is 6.07 Å². The van der Waals surface area contributed by atoms with Crippen LogP contribution >= 0.6 is 0 Å². The molecular weight excluding hydrogens is 452 g/mol. The van der Waals surface area contributed by atoms with E-state index in [-0.39, 0.29) is 17.0 Å². The highest BCUT2D eigenvalue weighted by Gasteiger charge is 2.25. The number of piperazine rings is 1. The molecule has 10 heteroatoms. The van der Waals surface area contributed by atoms with Crippen molar-refractivity contribution in [1.29, 1.82) is 0 Å². The minimum Gasteiger partial charge on any atom is -0.417 e. The first-order valence-electron chi connectivity index (χ1n) is 11.6. The number of fused-ring (bicyclic) bond motifs is 1. The molecule has 0 bridgehead atoms. The third-order valence-electron chi connectivity index (χ3n) is 6.11. The Kier molecular flexibility index (Phi) is 6.29. The molecule has 35 heavy (non-hydrogen) atoms. The van der Waals surface area contributed by atoms with Gasteiger partial charge in [0.25, 0.3) is 5.88 Å². The normalized spacial score (nSPS) is 18.0. The number of allylic oxidation sites excluding steroid dienone is 2. The van der Waals surface area contributed by atoms with Crippen LogP contribution in [0.3, 0.4) is 0 Å². The van der Waals surface area contributed by atoms with Crippen LogP contribution in [-0.2, 0) is 6.42 Å². The molecule has 2 aliphatic heterocycles. The summed E-state index contributed by atoms with van der Waals surface area (Å²) in [5, 5.41) is 3.19. The van der Waals surface area contributed by atoms with E-state index < -0.39 is 17.6 Å². The Balaban J connectivity index is 1.47. The number of aromatic nitrogens is 3. The summed E-state index contributed by atoms with van der Waals surface area (Å²) >= 11 is 0. The van der Waals surface area contributed by atoms with Crippen molar-refractivity contribution in [2.45, 2.75) is 20.3 Å². The van der Waals surface area contributed by atoms with Gasteiger partial charge < -0.3 is 19.9 Å². The van der Waals surface area contributed by atoms with Gasteiger partial charge in [0.05, 0.1) is 6.54 Å². The molecule has 1 aliphatic carbocycles. The van der Waals surface area contributed by atoms with E-state index in [0.717, 1.165) is 37.3 Å². The zero-order valence-electron chi connectivity index (χ0n) is 20.0. The highest BCUT2D eigenvalue weighted by molar-refractivity contribution is 6.05. The highest BCUT2D eigenvalue weighted by Crippen LogP contribution is 2.34. The van der Waals surface area contributed by atoms with Gasteiger partial charge in [-0.15, -0.1) is 0 Å². The fourth-order valence-electron chi connectivity index (χ4n) is 4.27. The molecule has 1 N–H and O–H groups in total. The van der Waals surface area contributed by atoms with Gasteiger partial charge in [-0.3, -0.25) is 4.99 Å². The molecule has 8 nitrogen and oxygen atoms in total. The number of amidine groups is 1. The first kappa shape index (κ1) is 23.1. The van der Waals surface area contributed by atoms with Gasteiger partial charge in [-0.1, -0.05) is 23.8 Å². The smallest absolute Gasteiger partial charge is 0.260 e. The number of pyridine rings is 1. The van der Waals surface area contributed by atoms with Crippen LogP contribution in [0.15, 0.2) is 40.4 Å². The monoisotopic (exact) mass is 479 g/mol. The molecule has 0 aromatic carbocycles. The summed E-state index contributed by atoms with van der Waals surface area (Å²) in [7, 11) is 2.06. The lowest BCUT2D eigenvalue weighted by Crippen LogP contribution is -2.45. The Morgan fingerprint density at radius 3 is 2.66 bits per heavy atom. The molecule has 0 amide bonds. The number of halogens is 2. The summed E-state index contributed by atoms with van der Waals surface area (Å²) in [5.41, 5.74) is 2.37. The van der Waals surface area contributed by atoms with E-state index in [4.69, 9.17) is 4.74 Å². The Morgan fingerprint density at radius 1 is 1.09 bits per heavy atom. The number of hydrogen-bond acceptors (Lipinski definition) is 8. The number of nitrogens with one attached hydrogen (secondary N) is 1. The topological polar surface area (TPSA) is 78.8 Å². The molecule has 1 saturated heterocycles. The average Bonchev–Trinajstić information content (AvgIpc) is 3.44. The summed E-state index contributed by atoms with van der Waals surface area (Å²) in [6, 6.07) is 1.54. The van der Waals surface area contributed by atoms with Crippen molar-refractivity contribution in [3.05, 3.63) is 58.3 Å². The third-order valence-corrected chi connectivity index (χ3v) is 6.11. The maximum Gasteiger partial charge on any atom is 0.260 e. The van der Waals surface area contributed by atoms with E-state index in [1.54, 1.807) is 6.08 Å². The fraction of sp³-hybridized carbons (Fsp3) is 0.360. The van der Waals surface area contributed by atoms with Crippen LogP contribution in [0, 0.1) is 11.8 Å². The Bertz CT molecular complexity index is 1280. The predicted molar refractivity (Wildman–Crippen MR) is 132 cm³/mol. The van der Waals surface area contributed by atoms with Gasteiger partial charge >= 0.3 is 0 Å². The lowest BCUT2D eigenvalue weighted by molar-refractivity contribution is 0.310. The van der Waals surface area contributed by atoms with E-state index in [2.05, 4.69) is 37.2 Å². The van der Waals surface area contributed by atoms with Crippen molar-refractivity contribution in [3.8, 4) is 11.8 Å². The van der Waals surface area contributed by atoms with Crippen LogP contribution in [0.1, 0.15) is 25.0 Å². The van der Waals surface area contributed by atoms with Gasteiger partial charge in [0, 0.05) is 43.4 Å². The first-order chi connectivity index (χ1) is 16.9. The van der Waals surface area contributed by atoms with Gasteiger partial charge in [-0.25, -0.2) is 4.39 Å². The molecule has 0 saturated carbocycles. The molecule has 0 unspecified atom stereocenters. The Hall–Kier alpha value is -3.66. The van der Waals surface area contributed by atoms with E-state index >= 15 is 4.39 Å². The molecule has 5 rings (SSSR count). The summed E-state index contributed by atoms with van der Waals surface area (Å²) < 4.78 is 35.5. The molecule has 0 radical (unpaired) electrons. The van der Waals surface area contributed by atoms with Crippen LogP contribution in [0.2, 0.25) is 0 Å². The summed E-state index contributed by atoms with van der Waals surface area (Å²) in [4.78, 5) is 21.6. The van der Waals surface area contributed by atoms with Gasteiger partial charge in [0.2, 0.25) is 17.8 Å². The second-order valence-electron chi connectivity index (χ2n) is 8.91. The highest BCUT2D eigenvalue weighted by atomic mass is 19.1. The van der Waals surface area contributed by atoms with Crippen LogP contribution in [0.4, 0.5) is 20.5 Å². The standard InChI is InChI=1S/C25H27F2N7O/c1-4-5-16-12-19(28-14-16)29-20-13-21(31-25(30-20)34-8-6-33(3)7-9-34)35-24-22(26)17-10-15(2)11-18(17)23(27)32-24/h4-5,10,12-13H,6-9,11,14H2,1-3H3,(H,28,29,30,31)/b5-4+. The van der Waals surface area contributed by atoms with E-state index in [0.29, 0.717) is 30.6 Å². The van der Waals surface area contributed by atoms with E-state index in [1.807, 2.05) is 37.0 Å². The Labute approximate surface area is 202 Å². The number of ether oxygens (including phenoxy) is 1. The van der Waals surface area contributed by atoms with Crippen molar-refractivity contribution in [1.82, 2.24) is 19.9 Å². The molecule has 2 aromatic heterocycles. The summed E-state index contributed by atoms with van der Waals surface area (Å²) in [6.45, 7) is 7.53. The largest absolute Gasteiger partial charge is 0.417 e. The minimum absolute atomic E-state index is 0.0668. The Morgan fingerprint density at radius 2 is 1.89 bits per heavy atom. The van der Waals surface area contributed by atoms with Gasteiger partial charge in [-0.05, 0) is 39.0 Å². The van der Waals surface area contributed by atoms with Crippen molar-refractivity contribution >= 4 is 23.7 Å². The van der Waals surface area contributed by atoms with Crippen LogP contribution < -0.4 is 15.0 Å². The van der Waals surface area contributed by atoms with E-state index in [9.17, 15) is 4.39 Å². The minimum atomic E-state index is -0.738. The fourth-order valence-corrected chi connectivity index (χ4v) is 4.27. The van der Waals surface area contributed by atoms with Crippen LogP contribution in [0.5, 0.6) is 11.8 Å². The van der Waals surface area contributed by atoms with Gasteiger partial charge in [0.15, 0.2) is 5.82 Å². The molecule has 1 fully saturated rings. The predicted octanol–water partition coefficient (Wildman–Crippen LogP) is 3.98. The van der Waals surface area contributed by atoms with Crippen LogP contribution in [-0.4, -0.2) is 65.5 Å². The number of likely N-dealkylation sites (N-methyl/N-ethyl adjacent to an activating group) is 1. The average molecular weight is 480 g/mol. The molecule has 3 aliphatic rings. The van der Waals surface area contributed by atoms with Crippen molar-refractivity contribution in [3.63, 3.8) is 0 Å². The van der Waals surface area contributed by atoms with Gasteiger partial charge in [0.1, 0.15) is 11.7 Å². The number of rotatable bonds is 5. The number of aliphatic imine (C=N–C) groups is 1. The molecular formula is C25H27F2N7O. The quantitative estimate of drug-likeness (QED) is 0.650. The number of nitrogens with zero attached hydrogens (tertiary/aromatic N) is 6. The zero-order chi connectivity index (χ0) is 24.5. The van der Waals surface area contributed by atoms with Crippen molar-refractivity contribution in [2.24, 2.45) is 4.99 Å².